The van der Waals surface area contributed by atoms with Crippen LogP contribution < -0.4 is 14.2 Å². The molecule has 0 radical (unpaired) electrons. The van der Waals surface area contributed by atoms with Crippen molar-refractivity contribution in [3.05, 3.63) is 70.7 Å². The van der Waals surface area contributed by atoms with Crippen molar-refractivity contribution in [3.8, 4) is 11.5 Å². The summed E-state index contributed by atoms with van der Waals surface area (Å²) in [6, 6.07) is 11.8. The first-order valence-electron chi connectivity index (χ1n) is 8.93. The molecule has 3 aromatic rings. The average Bonchev–Trinajstić information content (AvgIpc) is 3.27. The molecule has 0 aliphatic carbocycles. The second kappa shape index (κ2) is 9.35. The molecular weight excluding hydrogens is 465 g/mol. The Bertz CT molecular complexity index is 1240. The Morgan fingerprint density at radius 1 is 0.935 bits per heavy atom. The first-order chi connectivity index (χ1) is 14.7. The molecule has 0 fully saturated rings. The predicted molar refractivity (Wildman–Crippen MR) is 115 cm³/mol. The number of sulfone groups is 1. The van der Waals surface area contributed by atoms with Crippen molar-refractivity contribution in [2.24, 2.45) is 0 Å². The molecule has 7 nitrogen and oxygen atoms in total. The Morgan fingerprint density at radius 3 is 2.16 bits per heavy atom. The van der Waals surface area contributed by atoms with Crippen LogP contribution in [-0.4, -0.2) is 37.6 Å². The molecule has 11 heteroatoms. The highest BCUT2D eigenvalue weighted by Gasteiger charge is 2.32. The zero-order chi connectivity index (χ0) is 22.6. The van der Waals surface area contributed by atoms with E-state index in [0.717, 1.165) is 24.3 Å². The third kappa shape index (κ3) is 5.06. The SMILES string of the molecule is COc1ccc(S(=O)(=O)NCC(c2cccs2)S(=O)(=O)c2ccc(F)cc2)cc1OC. The van der Waals surface area contributed by atoms with Crippen LogP contribution in [0.3, 0.4) is 0 Å². The summed E-state index contributed by atoms with van der Waals surface area (Å²) in [4.78, 5) is 0.256. The third-order valence-corrected chi connectivity index (χ3v) is 9.16. The summed E-state index contributed by atoms with van der Waals surface area (Å²) in [5.74, 6) is 0.0108. The Kier molecular flexibility index (Phi) is 6.99. The lowest BCUT2D eigenvalue weighted by Crippen LogP contribution is -2.31. The molecule has 1 unspecified atom stereocenters. The summed E-state index contributed by atoms with van der Waals surface area (Å²) in [6.45, 7) is -0.406. The number of hydrogen-bond donors (Lipinski definition) is 1. The quantitative estimate of drug-likeness (QED) is 0.467. The molecule has 0 aliphatic heterocycles. The van der Waals surface area contributed by atoms with Gasteiger partial charge in [0, 0.05) is 17.5 Å². The van der Waals surface area contributed by atoms with E-state index in [-0.39, 0.29) is 15.5 Å². The van der Waals surface area contributed by atoms with Crippen LogP contribution in [0.4, 0.5) is 4.39 Å². The molecule has 31 heavy (non-hydrogen) atoms. The van der Waals surface area contributed by atoms with E-state index in [2.05, 4.69) is 4.72 Å². The summed E-state index contributed by atoms with van der Waals surface area (Å²) in [5.41, 5.74) is 0. The smallest absolute Gasteiger partial charge is 0.240 e. The Labute approximate surface area is 184 Å². The van der Waals surface area contributed by atoms with Gasteiger partial charge >= 0.3 is 0 Å². The first kappa shape index (κ1) is 23.2. The number of sulfonamides is 1. The highest BCUT2D eigenvalue weighted by atomic mass is 32.2. The summed E-state index contributed by atoms with van der Waals surface area (Å²) in [5, 5.41) is 0.513. The van der Waals surface area contributed by atoms with Crippen molar-refractivity contribution in [1.82, 2.24) is 4.72 Å². The van der Waals surface area contributed by atoms with Gasteiger partial charge in [0.05, 0.1) is 24.0 Å². The average molecular weight is 486 g/mol. The summed E-state index contributed by atoms with van der Waals surface area (Å²) in [7, 11) is -5.25. The van der Waals surface area contributed by atoms with E-state index >= 15 is 0 Å². The van der Waals surface area contributed by atoms with Gasteiger partial charge in [-0.05, 0) is 47.8 Å². The predicted octanol–water partition coefficient (Wildman–Crippen LogP) is 3.40. The van der Waals surface area contributed by atoms with Crippen LogP contribution in [0, 0.1) is 5.82 Å². The van der Waals surface area contributed by atoms with E-state index in [0.29, 0.717) is 10.6 Å². The molecule has 0 spiro atoms. The van der Waals surface area contributed by atoms with Crippen LogP contribution >= 0.6 is 11.3 Å². The van der Waals surface area contributed by atoms with E-state index in [1.54, 1.807) is 17.5 Å². The van der Waals surface area contributed by atoms with E-state index < -0.39 is 37.5 Å². The second-order valence-corrected chi connectivity index (χ2v) is 11.2. The molecule has 0 amide bonds. The molecular formula is C20H20FNO6S3. The molecule has 166 valence electrons. The number of methoxy groups -OCH3 is 2. The van der Waals surface area contributed by atoms with Crippen molar-refractivity contribution in [2.45, 2.75) is 15.0 Å². The van der Waals surface area contributed by atoms with Crippen molar-refractivity contribution in [1.29, 1.82) is 0 Å². The zero-order valence-electron chi connectivity index (χ0n) is 16.6. The maximum Gasteiger partial charge on any atom is 0.240 e. The second-order valence-electron chi connectivity index (χ2n) is 6.37. The topological polar surface area (TPSA) is 98.8 Å². The third-order valence-electron chi connectivity index (χ3n) is 4.50. The highest BCUT2D eigenvalue weighted by Crippen LogP contribution is 2.33. The fraction of sp³-hybridized carbons (Fsp3) is 0.200. The lowest BCUT2D eigenvalue weighted by Gasteiger charge is -2.18. The maximum absolute atomic E-state index is 13.3. The molecule has 1 atom stereocenters. The molecule has 0 aliphatic rings. The minimum absolute atomic E-state index is 0.0994. The van der Waals surface area contributed by atoms with Crippen LogP contribution in [0.1, 0.15) is 10.1 Å². The van der Waals surface area contributed by atoms with Crippen molar-refractivity contribution in [3.63, 3.8) is 0 Å². The van der Waals surface area contributed by atoms with Crippen molar-refractivity contribution in [2.75, 3.05) is 20.8 Å². The van der Waals surface area contributed by atoms with Gasteiger partial charge in [0.15, 0.2) is 21.3 Å². The van der Waals surface area contributed by atoms with Crippen LogP contribution in [0.25, 0.3) is 0 Å². The van der Waals surface area contributed by atoms with Gasteiger partial charge < -0.3 is 9.47 Å². The number of halogens is 1. The molecule has 1 aromatic heterocycles. The number of hydrogen-bond acceptors (Lipinski definition) is 7. The molecule has 0 saturated carbocycles. The number of thiophene rings is 1. The number of ether oxygens (including phenoxy) is 2. The molecule has 1 N–H and O–H groups in total. The maximum atomic E-state index is 13.3. The van der Waals surface area contributed by atoms with E-state index in [1.165, 1.54) is 43.8 Å². The monoisotopic (exact) mass is 485 g/mol. The van der Waals surface area contributed by atoms with Gasteiger partial charge in [-0.3, -0.25) is 0 Å². The van der Waals surface area contributed by atoms with Crippen molar-refractivity contribution >= 4 is 31.2 Å². The zero-order valence-corrected chi connectivity index (χ0v) is 19.1. The van der Waals surface area contributed by atoms with Gasteiger partial charge in [0.2, 0.25) is 10.0 Å². The Hall–Kier alpha value is -2.47. The molecule has 0 saturated heterocycles. The minimum Gasteiger partial charge on any atom is -0.493 e. The van der Waals surface area contributed by atoms with Crippen LogP contribution in [0.2, 0.25) is 0 Å². The minimum atomic E-state index is -4.06. The molecule has 1 heterocycles. The van der Waals surface area contributed by atoms with Gasteiger partial charge in [-0.15, -0.1) is 11.3 Å². The fourth-order valence-corrected chi connectivity index (χ4v) is 6.83. The standard InChI is InChI=1S/C20H20FNO6S3/c1-27-17-10-9-16(12-18(17)28-2)31(25,26)22-13-20(19-4-3-11-29-19)30(23,24)15-7-5-14(21)6-8-15/h3-12,20,22H,13H2,1-2H3. The molecule has 2 aromatic carbocycles. The number of nitrogens with one attached hydrogen (secondary N) is 1. The van der Waals surface area contributed by atoms with Crippen LogP contribution in [0.5, 0.6) is 11.5 Å². The van der Waals surface area contributed by atoms with E-state index in [9.17, 15) is 21.2 Å². The highest BCUT2D eigenvalue weighted by molar-refractivity contribution is 7.92. The van der Waals surface area contributed by atoms with Gasteiger partial charge in [0.1, 0.15) is 11.1 Å². The van der Waals surface area contributed by atoms with Gasteiger partial charge in [0.25, 0.3) is 0 Å². The van der Waals surface area contributed by atoms with Gasteiger partial charge in [-0.2, -0.15) is 0 Å². The van der Waals surface area contributed by atoms with Crippen molar-refractivity contribution < 1.29 is 30.7 Å². The normalized spacial score (nSPS) is 13.0. The summed E-state index contributed by atoms with van der Waals surface area (Å²) >= 11 is 1.19. The lowest BCUT2D eigenvalue weighted by atomic mass is 10.3. The molecule has 3 rings (SSSR count). The lowest BCUT2D eigenvalue weighted by molar-refractivity contribution is 0.354. The van der Waals surface area contributed by atoms with Gasteiger partial charge in [-0.1, -0.05) is 6.07 Å². The Balaban J connectivity index is 1.92. The fourth-order valence-electron chi connectivity index (χ4n) is 2.88. The first-order valence-corrected chi connectivity index (χ1v) is 12.8. The molecule has 0 bridgehead atoms. The largest absolute Gasteiger partial charge is 0.493 e. The van der Waals surface area contributed by atoms with E-state index in [1.807, 2.05) is 0 Å². The van der Waals surface area contributed by atoms with E-state index in [4.69, 9.17) is 9.47 Å². The van der Waals surface area contributed by atoms with Crippen LogP contribution in [-0.2, 0) is 19.9 Å². The van der Waals surface area contributed by atoms with Gasteiger partial charge in [-0.25, -0.2) is 25.9 Å². The summed E-state index contributed by atoms with van der Waals surface area (Å²) < 4.78 is 77.9. The summed E-state index contributed by atoms with van der Waals surface area (Å²) in [6.07, 6.45) is 0. The Morgan fingerprint density at radius 2 is 1.58 bits per heavy atom. The van der Waals surface area contributed by atoms with Crippen LogP contribution in [0.15, 0.2) is 69.8 Å². The number of rotatable bonds is 9. The number of benzene rings is 2.